The summed E-state index contributed by atoms with van der Waals surface area (Å²) in [5.74, 6) is -0.500. The molecule has 1 aromatic carbocycles. The van der Waals surface area contributed by atoms with E-state index in [-0.39, 0.29) is 11.1 Å². The number of aryl methyl sites for hydroxylation is 1. The van der Waals surface area contributed by atoms with Crippen LogP contribution in [0.3, 0.4) is 0 Å². The van der Waals surface area contributed by atoms with Gasteiger partial charge in [-0.25, -0.2) is 4.39 Å². The first-order valence-corrected chi connectivity index (χ1v) is 4.44. The van der Waals surface area contributed by atoms with E-state index in [1.807, 2.05) is 0 Å². The molecule has 74 valence electrons. The van der Waals surface area contributed by atoms with Gasteiger partial charge >= 0.3 is 0 Å². The molecule has 0 aliphatic heterocycles. The Bertz CT molecular complexity index is 491. The summed E-state index contributed by atoms with van der Waals surface area (Å²) in [7, 11) is 0. The van der Waals surface area contributed by atoms with E-state index in [0.717, 1.165) is 0 Å². The molecule has 0 saturated carbocycles. The molecule has 2 nitrogen and oxygen atoms in total. The molecule has 15 heavy (non-hydrogen) atoms. The molecule has 0 amide bonds. The molecule has 0 radical (unpaired) electrons. The van der Waals surface area contributed by atoms with Crippen molar-refractivity contribution in [2.45, 2.75) is 6.92 Å². The van der Waals surface area contributed by atoms with Crippen LogP contribution in [0.4, 0.5) is 4.39 Å². The molecule has 0 atom stereocenters. The molecule has 1 aromatic rings. The van der Waals surface area contributed by atoms with E-state index in [1.165, 1.54) is 18.2 Å². The highest BCUT2D eigenvalue weighted by Crippen LogP contribution is 2.21. The van der Waals surface area contributed by atoms with Crippen molar-refractivity contribution >= 4 is 17.7 Å². The van der Waals surface area contributed by atoms with Gasteiger partial charge in [0, 0.05) is 10.6 Å². The molecule has 0 saturated heterocycles. The largest absolute Gasteiger partial charge is 0.206 e. The Labute approximate surface area is 91.8 Å². The number of nitrogens with zero attached hydrogens (tertiary/aromatic N) is 2. The fourth-order valence-electron chi connectivity index (χ4n) is 1.02. The minimum atomic E-state index is -0.500. The van der Waals surface area contributed by atoms with Gasteiger partial charge in [0.1, 0.15) is 23.5 Å². The summed E-state index contributed by atoms with van der Waals surface area (Å²) in [5, 5.41) is 17.4. The van der Waals surface area contributed by atoms with Crippen molar-refractivity contribution in [1.82, 2.24) is 0 Å². The average molecular weight is 221 g/mol. The van der Waals surface area contributed by atoms with Gasteiger partial charge in [-0.3, -0.25) is 0 Å². The second-order valence-corrected chi connectivity index (χ2v) is 3.31. The molecule has 0 aliphatic rings. The fraction of sp³-hybridized carbons (Fsp3) is 0.0909. The Balaban J connectivity index is 3.30. The lowest BCUT2D eigenvalue weighted by atomic mass is 10.1. The topological polar surface area (TPSA) is 47.6 Å². The van der Waals surface area contributed by atoms with Crippen molar-refractivity contribution in [2.75, 3.05) is 0 Å². The van der Waals surface area contributed by atoms with Gasteiger partial charge in [0.15, 0.2) is 0 Å². The molecule has 0 aromatic heterocycles. The van der Waals surface area contributed by atoms with Crippen LogP contribution in [0.5, 0.6) is 0 Å². The minimum absolute atomic E-state index is 0.142. The van der Waals surface area contributed by atoms with Gasteiger partial charge in [-0.15, -0.1) is 0 Å². The number of hydrogen-bond donors (Lipinski definition) is 0. The Morgan fingerprint density at radius 3 is 2.53 bits per heavy atom. The number of halogens is 2. The third kappa shape index (κ3) is 2.56. The Kier molecular flexibility index (Phi) is 3.44. The smallest absolute Gasteiger partial charge is 0.130 e. The van der Waals surface area contributed by atoms with Crippen LogP contribution in [0.2, 0.25) is 5.02 Å². The van der Waals surface area contributed by atoms with Crippen LogP contribution >= 0.6 is 11.6 Å². The average Bonchev–Trinajstić information content (AvgIpc) is 2.21. The van der Waals surface area contributed by atoms with Gasteiger partial charge in [0.05, 0.1) is 0 Å². The van der Waals surface area contributed by atoms with Gasteiger partial charge in [-0.2, -0.15) is 10.5 Å². The van der Waals surface area contributed by atoms with Gasteiger partial charge in [-0.1, -0.05) is 11.6 Å². The van der Waals surface area contributed by atoms with Crippen molar-refractivity contribution in [3.05, 3.63) is 39.7 Å². The number of hydrogen-bond acceptors (Lipinski definition) is 2. The van der Waals surface area contributed by atoms with Crippen molar-refractivity contribution < 1.29 is 4.39 Å². The van der Waals surface area contributed by atoms with E-state index in [4.69, 9.17) is 22.1 Å². The summed E-state index contributed by atoms with van der Waals surface area (Å²) in [4.78, 5) is 0. The number of allylic oxidation sites excluding steroid dienone is 1. The van der Waals surface area contributed by atoms with E-state index in [1.54, 1.807) is 19.1 Å². The maximum Gasteiger partial charge on any atom is 0.130 e. The normalized spacial score (nSPS) is 8.87. The summed E-state index contributed by atoms with van der Waals surface area (Å²) in [6.07, 6.45) is 1.17. The zero-order valence-corrected chi connectivity index (χ0v) is 8.64. The standard InChI is InChI=1S/C11H6ClFN2/c1-7-2-11(13)9(4-10(7)12)3-8(5-14)6-15/h2-4H,1H3. The van der Waals surface area contributed by atoms with Crippen molar-refractivity contribution in [3.63, 3.8) is 0 Å². The van der Waals surface area contributed by atoms with Crippen molar-refractivity contribution in [1.29, 1.82) is 10.5 Å². The summed E-state index contributed by atoms with van der Waals surface area (Å²) in [6, 6.07) is 5.96. The molecule has 4 heteroatoms. The lowest BCUT2D eigenvalue weighted by Crippen LogP contribution is -1.86. The molecule has 1 rings (SSSR count). The number of rotatable bonds is 1. The number of nitriles is 2. The lowest BCUT2D eigenvalue weighted by Gasteiger charge is -2.01. The Hall–Kier alpha value is -1.84. The zero-order chi connectivity index (χ0) is 11.4. The van der Waals surface area contributed by atoms with Crippen LogP contribution in [-0.4, -0.2) is 0 Å². The van der Waals surface area contributed by atoms with E-state index in [9.17, 15) is 4.39 Å². The van der Waals surface area contributed by atoms with Gasteiger partial charge in [-0.05, 0) is 30.7 Å². The summed E-state index contributed by atoms with van der Waals surface area (Å²) < 4.78 is 13.3. The van der Waals surface area contributed by atoms with Crippen LogP contribution < -0.4 is 0 Å². The third-order valence-corrected chi connectivity index (χ3v) is 2.23. The van der Waals surface area contributed by atoms with Crippen LogP contribution in [0.15, 0.2) is 17.7 Å². The summed E-state index contributed by atoms with van der Waals surface area (Å²) >= 11 is 5.79. The van der Waals surface area contributed by atoms with E-state index < -0.39 is 5.82 Å². The second kappa shape index (κ2) is 4.59. The first kappa shape index (κ1) is 11.2. The van der Waals surface area contributed by atoms with Gasteiger partial charge in [0.2, 0.25) is 0 Å². The molecule has 0 spiro atoms. The first-order chi connectivity index (χ1) is 7.08. The van der Waals surface area contributed by atoms with Gasteiger partial charge in [0.25, 0.3) is 0 Å². The molecule has 0 N–H and O–H groups in total. The van der Waals surface area contributed by atoms with E-state index in [2.05, 4.69) is 0 Å². The van der Waals surface area contributed by atoms with Crippen LogP contribution in [0.1, 0.15) is 11.1 Å². The molecule has 0 unspecified atom stereocenters. The lowest BCUT2D eigenvalue weighted by molar-refractivity contribution is 0.624. The van der Waals surface area contributed by atoms with Crippen LogP contribution in [0, 0.1) is 35.4 Å². The SMILES string of the molecule is Cc1cc(F)c(C=C(C#N)C#N)cc1Cl. The summed E-state index contributed by atoms with van der Waals surface area (Å²) in [5.41, 5.74) is 0.597. The van der Waals surface area contributed by atoms with Crippen LogP contribution in [-0.2, 0) is 0 Å². The Morgan fingerprint density at radius 2 is 2.00 bits per heavy atom. The monoisotopic (exact) mass is 220 g/mol. The molecule has 0 fully saturated rings. The summed E-state index contributed by atoms with van der Waals surface area (Å²) in [6.45, 7) is 1.68. The molecule has 0 bridgehead atoms. The maximum absolute atomic E-state index is 13.3. The highest BCUT2D eigenvalue weighted by Gasteiger charge is 2.05. The quantitative estimate of drug-likeness (QED) is 0.683. The predicted molar refractivity (Wildman–Crippen MR) is 55.4 cm³/mol. The first-order valence-electron chi connectivity index (χ1n) is 4.06. The van der Waals surface area contributed by atoms with Gasteiger partial charge < -0.3 is 0 Å². The maximum atomic E-state index is 13.3. The highest BCUT2D eigenvalue weighted by molar-refractivity contribution is 6.31. The second-order valence-electron chi connectivity index (χ2n) is 2.90. The molecular formula is C11H6ClFN2. The highest BCUT2D eigenvalue weighted by atomic mass is 35.5. The van der Waals surface area contributed by atoms with Crippen molar-refractivity contribution in [2.24, 2.45) is 0 Å². The third-order valence-electron chi connectivity index (χ3n) is 1.82. The van der Waals surface area contributed by atoms with E-state index >= 15 is 0 Å². The molecule has 0 aliphatic carbocycles. The molecule has 0 heterocycles. The van der Waals surface area contributed by atoms with Crippen LogP contribution in [0.25, 0.3) is 6.08 Å². The van der Waals surface area contributed by atoms with E-state index in [0.29, 0.717) is 10.6 Å². The Morgan fingerprint density at radius 1 is 1.40 bits per heavy atom. The number of benzene rings is 1. The minimum Gasteiger partial charge on any atom is -0.206 e. The fourth-order valence-corrected chi connectivity index (χ4v) is 1.19. The predicted octanol–water partition coefficient (Wildman–Crippen LogP) is 3.22. The molecular weight excluding hydrogens is 215 g/mol. The van der Waals surface area contributed by atoms with Crippen molar-refractivity contribution in [3.8, 4) is 12.1 Å². The zero-order valence-electron chi connectivity index (χ0n) is 7.88.